The van der Waals surface area contributed by atoms with E-state index in [2.05, 4.69) is 0 Å². The monoisotopic (exact) mass is 222 g/mol. The van der Waals surface area contributed by atoms with Gasteiger partial charge in [0.2, 0.25) is 0 Å². The number of aldehydes is 1. The molecule has 0 aliphatic heterocycles. The molecule has 0 aromatic heterocycles. The molecule has 0 N–H and O–H groups in total. The number of benzene rings is 1. The van der Waals surface area contributed by atoms with Crippen LogP contribution in [0.3, 0.4) is 0 Å². The zero-order valence-electron chi connectivity index (χ0n) is 9.09. The molecule has 0 fully saturated rings. The van der Waals surface area contributed by atoms with Crippen molar-refractivity contribution in [1.29, 1.82) is 0 Å². The molecule has 1 rings (SSSR count). The maximum absolute atomic E-state index is 10.6. The van der Waals surface area contributed by atoms with Crippen LogP contribution in [0.5, 0.6) is 0 Å². The summed E-state index contributed by atoms with van der Waals surface area (Å²) in [6.45, 7) is 1.73. The Morgan fingerprint density at radius 3 is 2.62 bits per heavy atom. The van der Waals surface area contributed by atoms with Gasteiger partial charge in [0, 0.05) is 6.92 Å². The fourth-order valence-electron chi connectivity index (χ4n) is 1.18. The van der Waals surface area contributed by atoms with Crippen LogP contribution in [-0.2, 0) is 25.7 Å². The Balaban J connectivity index is 2.28. The number of esters is 1. The highest BCUT2D eigenvalue weighted by Gasteiger charge is 2.10. The van der Waals surface area contributed by atoms with Crippen LogP contribution in [0.1, 0.15) is 12.5 Å². The van der Waals surface area contributed by atoms with Gasteiger partial charge in [0.15, 0.2) is 12.4 Å². The van der Waals surface area contributed by atoms with Crippen molar-refractivity contribution >= 4 is 12.3 Å². The number of rotatable bonds is 6. The largest absolute Gasteiger partial charge is 0.452 e. The minimum absolute atomic E-state index is 0.0813. The first-order chi connectivity index (χ1) is 7.72. The third-order valence-electron chi connectivity index (χ3n) is 1.86. The van der Waals surface area contributed by atoms with Crippen LogP contribution in [0.25, 0.3) is 0 Å². The molecule has 0 unspecified atom stereocenters. The average Bonchev–Trinajstić information content (AvgIpc) is 2.28. The third kappa shape index (κ3) is 4.70. The Morgan fingerprint density at radius 1 is 1.38 bits per heavy atom. The standard InChI is InChI=1S/C12H14O4/c1-10(14)16-12(7-13)9-15-8-11-5-3-2-4-6-11/h2-7,12H,8-9H2,1H3/t12-/m1/s1. The molecule has 1 aromatic carbocycles. The van der Waals surface area contributed by atoms with Gasteiger partial charge in [0.05, 0.1) is 13.2 Å². The van der Waals surface area contributed by atoms with E-state index in [1.165, 1.54) is 6.92 Å². The number of carbonyl (C=O) groups excluding carboxylic acids is 2. The lowest BCUT2D eigenvalue weighted by atomic mass is 10.2. The lowest BCUT2D eigenvalue weighted by Crippen LogP contribution is -2.23. The molecule has 0 amide bonds. The molecule has 0 bridgehead atoms. The van der Waals surface area contributed by atoms with E-state index >= 15 is 0 Å². The molecular formula is C12H14O4. The lowest BCUT2D eigenvalue weighted by Gasteiger charge is -2.10. The molecule has 0 aliphatic rings. The highest BCUT2D eigenvalue weighted by Crippen LogP contribution is 2.01. The van der Waals surface area contributed by atoms with Crippen molar-refractivity contribution in [2.45, 2.75) is 19.6 Å². The molecule has 86 valence electrons. The van der Waals surface area contributed by atoms with Crippen LogP contribution in [0, 0.1) is 0 Å². The summed E-state index contributed by atoms with van der Waals surface area (Å²) < 4.78 is 9.97. The fraction of sp³-hybridized carbons (Fsp3) is 0.333. The summed E-state index contributed by atoms with van der Waals surface area (Å²) in [6, 6.07) is 9.56. The summed E-state index contributed by atoms with van der Waals surface area (Å²) in [4.78, 5) is 21.1. The molecule has 4 heteroatoms. The van der Waals surface area contributed by atoms with Gasteiger partial charge in [-0.2, -0.15) is 0 Å². The van der Waals surface area contributed by atoms with Gasteiger partial charge >= 0.3 is 5.97 Å². The van der Waals surface area contributed by atoms with Gasteiger partial charge in [-0.25, -0.2) is 0 Å². The number of carbonyl (C=O) groups is 2. The lowest BCUT2D eigenvalue weighted by molar-refractivity contribution is -0.152. The summed E-state index contributed by atoms with van der Waals surface area (Å²) in [7, 11) is 0. The summed E-state index contributed by atoms with van der Waals surface area (Å²) in [6.07, 6.45) is -0.256. The van der Waals surface area contributed by atoms with E-state index < -0.39 is 12.1 Å². The highest BCUT2D eigenvalue weighted by molar-refractivity contribution is 5.70. The maximum Gasteiger partial charge on any atom is 0.303 e. The second-order valence-electron chi connectivity index (χ2n) is 3.28. The van der Waals surface area contributed by atoms with Gasteiger partial charge in [0.1, 0.15) is 0 Å². The van der Waals surface area contributed by atoms with E-state index in [1.54, 1.807) is 0 Å². The third-order valence-corrected chi connectivity index (χ3v) is 1.86. The predicted molar refractivity (Wildman–Crippen MR) is 57.7 cm³/mol. The molecule has 16 heavy (non-hydrogen) atoms. The Hall–Kier alpha value is -1.68. The molecule has 0 saturated heterocycles. The van der Waals surface area contributed by atoms with E-state index in [0.29, 0.717) is 12.9 Å². The Labute approximate surface area is 94.2 Å². The van der Waals surface area contributed by atoms with Crippen molar-refractivity contribution in [3.05, 3.63) is 35.9 Å². The zero-order valence-corrected chi connectivity index (χ0v) is 9.09. The zero-order chi connectivity index (χ0) is 11.8. The van der Waals surface area contributed by atoms with Crippen molar-refractivity contribution in [3.63, 3.8) is 0 Å². The maximum atomic E-state index is 10.6. The molecule has 0 saturated carbocycles. The first-order valence-electron chi connectivity index (χ1n) is 4.96. The fourth-order valence-corrected chi connectivity index (χ4v) is 1.18. The molecule has 4 nitrogen and oxygen atoms in total. The first-order valence-corrected chi connectivity index (χ1v) is 4.96. The van der Waals surface area contributed by atoms with Crippen molar-refractivity contribution in [3.8, 4) is 0 Å². The Bertz CT molecular complexity index is 334. The van der Waals surface area contributed by atoms with Gasteiger partial charge < -0.3 is 9.47 Å². The number of ether oxygens (including phenoxy) is 2. The van der Waals surface area contributed by atoms with Crippen LogP contribution in [0.15, 0.2) is 30.3 Å². The van der Waals surface area contributed by atoms with E-state index in [9.17, 15) is 9.59 Å². The molecule has 1 atom stereocenters. The van der Waals surface area contributed by atoms with Crippen LogP contribution >= 0.6 is 0 Å². The minimum Gasteiger partial charge on any atom is -0.452 e. The molecule has 1 aromatic rings. The Kier molecular flexibility index (Phi) is 5.22. The van der Waals surface area contributed by atoms with E-state index in [1.807, 2.05) is 30.3 Å². The second-order valence-corrected chi connectivity index (χ2v) is 3.28. The smallest absolute Gasteiger partial charge is 0.303 e. The highest BCUT2D eigenvalue weighted by atomic mass is 16.6. The second kappa shape index (κ2) is 6.74. The van der Waals surface area contributed by atoms with Crippen molar-refractivity contribution in [2.24, 2.45) is 0 Å². The van der Waals surface area contributed by atoms with Gasteiger partial charge in [0.25, 0.3) is 0 Å². The van der Waals surface area contributed by atoms with Crippen LogP contribution in [0.4, 0.5) is 0 Å². The topological polar surface area (TPSA) is 52.6 Å². The van der Waals surface area contributed by atoms with Gasteiger partial charge in [-0.1, -0.05) is 30.3 Å². The normalized spacial score (nSPS) is 11.8. The summed E-state index contributed by atoms with van der Waals surface area (Å²) >= 11 is 0. The summed E-state index contributed by atoms with van der Waals surface area (Å²) in [5.74, 6) is -0.486. The van der Waals surface area contributed by atoms with Crippen molar-refractivity contribution < 1.29 is 19.1 Å². The van der Waals surface area contributed by atoms with Gasteiger partial charge in [-0.05, 0) is 5.56 Å². The summed E-state index contributed by atoms with van der Waals surface area (Å²) in [5.41, 5.74) is 1.01. The SMILES string of the molecule is CC(=O)O[C@H](C=O)COCc1ccccc1. The van der Waals surface area contributed by atoms with Gasteiger partial charge in [-0.15, -0.1) is 0 Å². The van der Waals surface area contributed by atoms with Crippen molar-refractivity contribution in [2.75, 3.05) is 6.61 Å². The van der Waals surface area contributed by atoms with Crippen molar-refractivity contribution in [1.82, 2.24) is 0 Å². The van der Waals surface area contributed by atoms with Crippen LogP contribution < -0.4 is 0 Å². The van der Waals surface area contributed by atoms with E-state index in [-0.39, 0.29) is 6.61 Å². The number of hydrogen-bond donors (Lipinski definition) is 0. The van der Waals surface area contributed by atoms with E-state index in [0.717, 1.165) is 5.56 Å². The molecule has 0 spiro atoms. The molecule has 0 aliphatic carbocycles. The Morgan fingerprint density at radius 2 is 2.06 bits per heavy atom. The minimum atomic E-state index is -0.818. The van der Waals surface area contributed by atoms with Crippen LogP contribution in [-0.4, -0.2) is 25.0 Å². The predicted octanol–water partition coefficient (Wildman–Crippen LogP) is 1.33. The first kappa shape index (κ1) is 12.4. The average molecular weight is 222 g/mol. The van der Waals surface area contributed by atoms with Gasteiger partial charge in [-0.3, -0.25) is 9.59 Å². The quantitative estimate of drug-likeness (QED) is 0.538. The molecule has 0 radical (unpaired) electrons. The molecular weight excluding hydrogens is 208 g/mol. The molecule has 0 heterocycles. The summed E-state index contributed by atoms with van der Waals surface area (Å²) in [5, 5.41) is 0. The van der Waals surface area contributed by atoms with Crippen LogP contribution in [0.2, 0.25) is 0 Å². The number of hydrogen-bond acceptors (Lipinski definition) is 4. The van der Waals surface area contributed by atoms with E-state index in [4.69, 9.17) is 9.47 Å².